The average Bonchev–Trinajstić information content (AvgIpc) is 2.70. The largest absolute Gasteiger partial charge is 0.465 e. The minimum Gasteiger partial charge on any atom is -0.465 e. The Hall–Kier alpha value is -1.78. The van der Waals surface area contributed by atoms with Gasteiger partial charge in [0.2, 0.25) is 0 Å². The summed E-state index contributed by atoms with van der Waals surface area (Å²) >= 11 is 12.4. The van der Waals surface area contributed by atoms with E-state index in [9.17, 15) is 9.59 Å². The van der Waals surface area contributed by atoms with E-state index in [1.54, 1.807) is 12.1 Å². The summed E-state index contributed by atoms with van der Waals surface area (Å²) in [5.74, 6) is 0.0948. The van der Waals surface area contributed by atoms with E-state index in [1.807, 2.05) is 18.2 Å². The number of carbonyl (C=O) groups is 2. The molecule has 28 heavy (non-hydrogen) atoms. The number of rotatable bonds is 7. The van der Waals surface area contributed by atoms with E-state index in [-0.39, 0.29) is 23.8 Å². The van der Waals surface area contributed by atoms with Gasteiger partial charge in [0, 0.05) is 23.6 Å². The lowest BCUT2D eigenvalue weighted by Crippen LogP contribution is -2.17. The summed E-state index contributed by atoms with van der Waals surface area (Å²) in [5.41, 5.74) is 0. The molecule has 2 aromatic carbocycles. The van der Waals surface area contributed by atoms with Gasteiger partial charge in [-0.25, -0.2) is 0 Å². The molecule has 0 heterocycles. The van der Waals surface area contributed by atoms with E-state index < -0.39 is 5.97 Å². The minimum atomic E-state index is -0.436. The Balaban J connectivity index is 1.47. The third kappa shape index (κ3) is 5.62. The van der Waals surface area contributed by atoms with E-state index >= 15 is 0 Å². The van der Waals surface area contributed by atoms with Crippen molar-refractivity contribution in [1.29, 1.82) is 0 Å². The summed E-state index contributed by atoms with van der Waals surface area (Å²) in [6.45, 7) is 0.496. The van der Waals surface area contributed by atoms with Gasteiger partial charge in [-0.2, -0.15) is 0 Å². The Bertz CT molecular complexity index is 844. The van der Waals surface area contributed by atoms with E-state index in [2.05, 4.69) is 0 Å². The van der Waals surface area contributed by atoms with Gasteiger partial charge in [0.05, 0.1) is 16.7 Å². The molecular formula is C22H24Cl2O4. The molecular weight excluding hydrogens is 399 g/mol. The first-order valence-corrected chi connectivity index (χ1v) is 10.5. The Kier molecular flexibility index (Phi) is 7.57. The van der Waals surface area contributed by atoms with Gasteiger partial charge in [0.15, 0.2) is 5.75 Å². The van der Waals surface area contributed by atoms with E-state index in [4.69, 9.17) is 32.7 Å². The van der Waals surface area contributed by atoms with Crippen LogP contribution in [0, 0.1) is 5.92 Å². The lowest BCUT2D eigenvalue weighted by atomic mass is 9.90. The highest BCUT2D eigenvalue weighted by atomic mass is 35.5. The number of benzene rings is 2. The molecule has 1 aliphatic carbocycles. The highest BCUT2D eigenvalue weighted by Gasteiger charge is 2.17. The standard InChI is InChI=1S/C22H24Cl2O4/c23-18-13-19(24)22(17-10-5-4-9-16(17)18)28-21(26)12-6-11-20(25)27-14-15-7-2-1-3-8-15/h4-5,9-10,13,15H,1-3,6-8,11-12,14H2. The molecule has 0 atom stereocenters. The number of ether oxygens (including phenoxy) is 2. The molecule has 0 bridgehead atoms. The second kappa shape index (κ2) is 10.1. The first-order valence-electron chi connectivity index (χ1n) is 9.77. The predicted molar refractivity (Wildman–Crippen MR) is 111 cm³/mol. The van der Waals surface area contributed by atoms with Crippen molar-refractivity contribution in [3.8, 4) is 5.75 Å². The van der Waals surface area contributed by atoms with Crippen molar-refractivity contribution in [1.82, 2.24) is 0 Å². The smallest absolute Gasteiger partial charge is 0.311 e. The Labute approximate surface area is 175 Å². The van der Waals surface area contributed by atoms with Gasteiger partial charge in [-0.1, -0.05) is 66.7 Å². The van der Waals surface area contributed by atoms with Crippen LogP contribution in [0.5, 0.6) is 5.75 Å². The third-order valence-corrected chi connectivity index (χ3v) is 5.68. The molecule has 0 aromatic heterocycles. The molecule has 0 amide bonds. The number of hydrogen-bond acceptors (Lipinski definition) is 4. The van der Waals surface area contributed by atoms with Crippen LogP contribution < -0.4 is 4.74 Å². The van der Waals surface area contributed by atoms with Crippen LogP contribution >= 0.6 is 23.2 Å². The van der Waals surface area contributed by atoms with Gasteiger partial charge in [0.1, 0.15) is 0 Å². The zero-order valence-electron chi connectivity index (χ0n) is 15.7. The molecule has 0 spiro atoms. The number of hydrogen-bond donors (Lipinski definition) is 0. The Morgan fingerprint density at radius 3 is 2.36 bits per heavy atom. The maximum absolute atomic E-state index is 12.2. The number of halogens is 2. The quantitative estimate of drug-likeness (QED) is 0.385. The molecule has 6 heteroatoms. The normalized spacial score (nSPS) is 14.8. The number of esters is 2. The fraction of sp³-hybridized carbons (Fsp3) is 0.455. The van der Waals surface area contributed by atoms with Crippen molar-refractivity contribution in [2.75, 3.05) is 6.61 Å². The van der Waals surface area contributed by atoms with Gasteiger partial charge < -0.3 is 9.47 Å². The fourth-order valence-electron chi connectivity index (χ4n) is 3.56. The number of carbonyl (C=O) groups excluding carboxylic acids is 2. The van der Waals surface area contributed by atoms with Crippen molar-refractivity contribution in [3.05, 3.63) is 40.4 Å². The molecule has 1 aliphatic rings. The summed E-state index contributed by atoms with van der Waals surface area (Å²) in [6.07, 6.45) is 6.69. The molecule has 0 unspecified atom stereocenters. The first kappa shape index (κ1) is 20.9. The van der Waals surface area contributed by atoms with Crippen LogP contribution in [0.1, 0.15) is 51.4 Å². The number of fused-ring (bicyclic) bond motifs is 1. The second-order valence-corrected chi connectivity index (χ2v) is 8.04. The molecule has 0 saturated heterocycles. The summed E-state index contributed by atoms with van der Waals surface area (Å²) in [7, 11) is 0. The van der Waals surface area contributed by atoms with Crippen LogP contribution in [-0.4, -0.2) is 18.5 Å². The van der Waals surface area contributed by atoms with Gasteiger partial charge in [-0.15, -0.1) is 0 Å². The zero-order valence-corrected chi connectivity index (χ0v) is 17.2. The summed E-state index contributed by atoms with van der Waals surface area (Å²) in [6, 6.07) is 8.89. The van der Waals surface area contributed by atoms with Crippen LogP contribution in [-0.2, 0) is 14.3 Å². The molecule has 0 N–H and O–H groups in total. The van der Waals surface area contributed by atoms with E-state index in [0.717, 1.165) is 18.2 Å². The van der Waals surface area contributed by atoms with Crippen molar-refractivity contribution in [2.24, 2.45) is 5.92 Å². The zero-order chi connectivity index (χ0) is 19.9. The van der Waals surface area contributed by atoms with Crippen LogP contribution in [0.25, 0.3) is 10.8 Å². The van der Waals surface area contributed by atoms with Crippen molar-refractivity contribution >= 4 is 45.9 Å². The lowest BCUT2D eigenvalue weighted by Gasteiger charge is -2.20. The maximum atomic E-state index is 12.2. The third-order valence-electron chi connectivity index (χ3n) is 5.08. The molecule has 4 nitrogen and oxygen atoms in total. The van der Waals surface area contributed by atoms with Crippen molar-refractivity contribution in [3.63, 3.8) is 0 Å². The van der Waals surface area contributed by atoms with Gasteiger partial charge in [-0.3, -0.25) is 9.59 Å². The van der Waals surface area contributed by atoms with Gasteiger partial charge in [0.25, 0.3) is 0 Å². The fourth-order valence-corrected chi connectivity index (χ4v) is 4.13. The molecule has 0 aliphatic heterocycles. The monoisotopic (exact) mass is 422 g/mol. The van der Waals surface area contributed by atoms with Crippen LogP contribution in [0.4, 0.5) is 0 Å². The SMILES string of the molecule is O=C(CCCC(=O)Oc1c(Cl)cc(Cl)c2ccccc12)OCC1CCCCC1. The van der Waals surface area contributed by atoms with Crippen molar-refractivity contribution in [2.45, 2.75) is 51.4 Å². The molecule has 150 valence electrons. The molecule has 1 saturated carbocycles. The van der Waals surface area contributed by atoms with Crippen LogP contribution in [0.15, 0.2) is 30.3 Å². The minimum absolute atomic E-state index is 0.117. The molecule has 0 radical (unpaired) electrons. The van der Waals surface area contributed by atoms with Gasteiger partial charge >= 0.3 is 11.9 Å². The van der Waals surface area contributed by atoms with Crippen molar-refractivity contribution < 1.29 is 19.1 Å². The second-order valence-electron chi connectivity index (χ2n) is 7.23. The molecule has 2 aromatic rings. The van der Waals surface area contributed by atoms with E-state index in [1.165, 1.54) is 19.3 Å². The first-order chi connectivity index (χ1) is 13.5. The average molecular weight is 423 g/mol. The summed E-state index contributed by atoms with van der Waals surface area (Å²) in [5, 5.41) is 2.23. The topological polar surface area (TPSA) is 52.6 Å². The molecule has 3 rings (SSSR count). The van der Waals surface area contributed by atoms with Gasteiger partial charge in [-0.05, 0) is 31.2 Å². The van der Waals surface area contributed by atoms with Crippen LogP contribution in [0.2, 0.25) is 10.0 Å². The predicted octanol–water partition coefficient (Wildman–Crippen LogP) is 6.35. The van der Waals surface area contributed by atoms with E-state index in [0.29, 0.717) is 35.1 Å². The summed E-state index contributed by atoms with van der Waals surface area (Å²) < 4.78 is 10.8. The maximum Gasteiger partial charge on any atom is 0.311 e. The van der Waals surface area contributed by atoms with Crippen LogP contribution in [0.3, 0.4) is 0 Å². The lowest BCUT2D eigenvalue weighted by molar-refractivity contribution is -0.145. The highest BCUT2D eigenvalue weighted by molar-refractivity contribution is 6.40. The molecule has 1 fully saturated rings. The highest BCUT2D eigenvalue weighted by Crippen LogP contribution is 2.38. The Morgan fingerprint density at radius 1 is 0.929 bits per heavy atom. The summed E-state index contributed by atoms with van der Waals surface area (Å²) in [4.78, 5) is 24.1. The Morgan fingerprint density at radius 2 is 1.61 bits per heavy atom.